The van der Waals surface area contributed by atoms with Gasteiger partial charge >= 0.3 is 0 Å². The van der Waals surface area contributed by atoms with Crippen LogP contribution >= 0.6 is 11.6 Å². The van der Waals surface area contributed by atoms with Gasteiger partial charge in [0.05, 0.1) is 39.7 Å². The summed E-state index contributed by atoms with van der Waals surface area (Å²) < 4.78 is 29.5. The van der Waals surface area contributed by atoms with Gasteiger partial charge in [0.2, 0.25) is 0 Å². The van der Waals surface area contributed by atoms with Crippen LogP contribution in [0.4, 0.5) is 20.4 Å². The first-order chi connectivity index (χ1) is 15.4. The smallest absolute Gasteiger partial charge is 0.278 e. The van der Waals surface area contributed by atoms with Gasteiger partial charge in [0, 0.05) is 30.4 Å². The normalized spacial score (nSPS) is 13.9. The topological polar surface area (TPSA) is 93.2 Å². The SMILES string of the molecule is Cn1ncc2c(N)nc3cc(Cl)c(C(=O)N4C=C(CF)CN4c4ncccc4F)cc3c21. The van der Waals surface area contributed by atoms with Crippen LogP contribution in [0.15, 0.2) is 48.4 Å². The molecule has 32 heavy (non-hydrogen) atoms. The fourth-order valence-corrected chi connectivity index (χ4v) is 4.05. The molecule has 1 aromatic carbocycles. The average molecular weight is 456 g/mol. The highest BCUT2D eigenvalue weighted by molar-refractivity contribution is 6.35. The quantitative estimate of drug-likeness (QED) is 0.507. The first-order valence-electron chi connectivity index (χ1n) is 9.56. The average Bonchev–Trinajstić information content (AvgIpc) is 3.38. The first-order valence-corrected chi connectivity index (χ1v) is 9.94. The molecule has 1 aliphatic heterocycles. The Morgan fingerprint density at radius 1 is 1.31 bits per heavy atom. The van der Waals surface area contributed by atoms with Crippen molar-refractivity contribution in [1.82, 2.24) is 24.8 Å². The first kappa shape index (κ1) is 20.1. The monoisotopic (exact) mass is 455 g/mol. The number of halogens is 3. The van der Waals surface area contributed by atoms with Gasteiger partial charge in [-0.05, 0) is 24.3 Å². The molecule has 0 atom stereocenters. The van der Waals surface area contributed by atoms with E-state index in [-0.39, 0.29) is 22.9 Å². The van der Waals surface area contributed by atoms with Crippen LogP contribution in [0.3, 0.4) is 0 Å². The Kier molecular flexibility index (Phi) is 4.66. The summed E-state index contributed by atoms with van der Waals surface area (Å²) in [6, 6.07) is 5.78. The van der Waals surface area contributed by atoms with Gasteiger partial charge in [0.1, 0.15) is 12.5 Å². The van der Waals surface area contributed by atoms with E-state index in [1.807, 2.05) is 0 Å². The van der Waals surface area contributed by atoms with E-state index in [0.717, 1.165) is 5.01 Å². The van der Waals surface area contributed by atoms with Gasteiger partial charge in [0.25, 0.3) is 5.91 Å². The number of anilines is 2. The third-order valence-electron chi connectivity index (χ3n) is 5.31. The van der Waals surface area contributed by atoms with Gasteiger partial charge in [0.15, 0.2) is 11.6 Å². The number of hydrazine groups is 1. The second kappa shape index (κ2) is 7.41. The molecule has 162 valence electrons. The predicted octanol–water partition coefficient (Wildman–Crippen LogP) is 3.62. The van der Waals surface area contributed by atoms with Crippen molar-refractivity contribution in [3.8, 4) is 0 Å². The molecule has 4 heterocycles. The maximum Gasteiger partial charge on any atom is 0.278 e. The van der Waals surface area contributed by atoms with Crippen molar-refractivity contribution in [2.75, 3.05) is 24.0 Å². The fraction of sp³-hybridized carbons (Fsp3) is 0.143. The zero-order valence-electron chi connectivity index (χ0n) is 16.8. The molecule has 0 aliphatic carbocycles. The minimum Gasteiger partial charge on any atom is -0.383 e. The van der Waals surface area contributed by atoms with Crippen molar-refractivity contribution in [3.05, 3.63) is 64.8 Å². The number of alkyl halides is 1. The summed E-state index contributed by atoms with van der Waals surface area (Å²) in [6.45, 7) is -0.815. The molecule has 0 fully saturated rings. The number of carbonyl (C=O) groups is 1. The molecule has 0 unspecified atom stereocenters. The molecule has 5 rings (SSSR count). The lowest BCUT2D eigenvalue weighted by Crippen LogP contribution is -2.41. The van der Waals surface area contributed by atoms with E-state index in [4.69, 9.17) is 17.3 Å². The maximum atomic E-state index is 14.4. The Balaban J connectivity index is 1.66. The molecular formula is C21H16ClF2N7O. The molecule has 3 aromatic heterocycles. The summed E-state index contributed by atoms with van der Waals surface area (Å²) in [4.78, 5) is 21.9. The minimum absolute atomic E-state index is 0.0224. The number of benzene rings is 1. The molecule has 0 saturated heterocycles. The van der Waals surface area contributed by atoms with E-state index in [0.29, 0.717) is 33.2 Å². The number of amides is 1. The Hall–Kier alpha value is -3.79. The number of nitrogens with two attached hydrogens (primary N) is 1. The molecule has 0 saturated carbocycles. The highest BCUT2D eigenvalue weighted by Crippen LogP contribution is 2.33. The molecule has 8 nitrogen and oxygen atoms in total. The van der Waals surface area contributed by atoms with Gasteiger partial charge in [-0.3, -0.25) is 14.5 Å². The lowest BCUT2D eigenvalue weighted by Gasteiger charge is -2.28. The van der Waals surface area contributed by atoms with Gasteiger partial charge in [-0.15, -0.1) is 0 Å². The summed E-state index contributed by atoms with van der Waals surface area (Å²) in [5.41, 5.74) is 7.64. The molecule has 0 spiro atoms. The van der Waals surface area contributed by atoms with Crippen LogP contribution in [0.25, 0.3) is 21.8 Å². The van der Waals surface area contributed by atoms with Gasteiger partial charge in [-0.1, -0.05) is 11.6 Å². The summed E-state index contributed by atoms with van der Waals surface area (Å²) in [5, 5.41) is 8.00. The van der Waals surface area contributed by atoms with Gasteiger partial charge in [-0.25, -0.2) is 23.8 Å². The number of hydrogen-bond donors (Lipinski definition) is 1. The number of aromatic nitrogens is 4. The van der Waals surface area contributed by atoms with Crippen LogP contribution in [0.5, 0.6) is 0 Å². The summed E-state index contributed by atoms with van der Waals surface area (Å²) in [7, 11) is 1.75. The van der Waals surface area contributed by atoms with Crippen molar-refractivity contribution < 1.29 is 13.6 Å². The molecule has 0 bridgehead atoms. The number of nitrogens with zero attached hydrogens (tertiary/aromatic N) is 6. The largest absolute Gasteiger partial charge is 0.383 e. The standard InChI is InChI=1S/C21H16ClF2N7O/c1-29-18-13-5-12(15(22)6-17(13)28-19(25)14(18)8-27-29)21(32)31-10-11(7-23)9-30(31)20-16(24)3-2-4-26-20/h2-6,8,10H,7,9H2,1H3,(H2,25,28). The van der Waals surface area contributed by atoms with Gasteiger partial charge < -0.3 is 5.73 Å². The van der Waals surface area contributed by atoms with E-state index >= 15 is 0 Å². The van der Waals surface area contributed by atoms with Crippen LogP contribution in [0, 0.1) is 5.82 Å². The third-order valence-corrected chi connectivity index (χ3v) is 5.62. The van der Waals surface area contributed by atoms with E-state index in [2.05, 4.69) is 15.1 Å². The van der Waals surface area contributed by atoms with E-state index in [1.54, 1.807) is 24.0 Å². The van der Waals surface area contributed by atoms with Crippen LogP contribution in [0.2, 0.25) is 5.02 Å². The highest BCUT2D eigenvalue weighted by Gasteiger charge is 2.32. The second-order valence-corrected chi connectivity index (χ2v) is 7.72. The van der Waals surface area contributed by atoms with Crippen molar-refractivity contribution >= 4 is 50.9 Å². The molecule has 1 amide bonds. The molecule has 2 N–H and O–H groups in total. The number of pyridine rings is 2. The van der Waals surface area contributed by atoms with E-state index in [9.17, 15) is 13.6 Å². The zero-order valence-corrected chi connectivity index (χ0v) is 17.5. The Morgan fingerprint density at radius 3 is 2.88 bits per heavy atom. The third kappa shape index (κ3) is 3.02. The number of fused-ring (bicyclic) bond motifs is 3. The lowest BCUT2D eigenvalue weighted by atomic mass is 10.1. The summed E-state index contributed by atoms with van der Waals surface area (Å²) in [6.07, 6.45) is 4.32. The van der Waals surface area contributed by atoms with Crippen molar-refractivity contribution in [1.29, 1.82) is 0 Å². The number of nitrogen functional groups attached to an aromatic ring is 1. The molecule has 0 radical (unpaired) electrons. The summed E-state index contributed by atoms with van der Waals surface area (Å²) >= 11 is 6.44. The number of carbonyl (C=O) groups excluding carboxylic acids is 1. The zero-order chi connectivity index (χ0) is 22.6. The molecular weight excluding hydrogens is 440 g/mol. The molecule has 1 aliphatic rings. The predicted molar refractivity (Wildman–Crippen MR) is 117 cm³/mol. The van der Waals surface area contributed by atoms with Gasteiger partial charge in [-0.2, -0.15) is 5.10 Å². The number of hydrogen-bond acceptors (Lipinski definition) is 6. The van der Waals surface area contributed by atoms with Crippen LogP contribution in [-0.2, 0) is 7.05 Å². The second-order valence-electron chi connectivity index (χ2n) is 7.31. The van der Waals surface area contributed by atoms with Crippen molar-refractivity contribution in [2.45, 2.75) is 0 Å². The number of aryl methyl sites for hydroxylation is 1. The maximum absolute atomic E-state index is 14.4. The Bertz CT molecular complexity index is 1430. The lowest BCUT2D eigenvalue weighted by molar-refractivity contribution is 0.0818. The summed E-state index contributed by atoms with van der Waals surface area (Å²) in [5.74, 6) is -1.01. The molecule has 11 heteroatoms. The Labute approximate surface area is 185 Å². The van der Waals surface area contributed by atoms with Crippen LogP contribution < -0.4 is 10.7 Å². The van der Waals surface area contributed by atoms with E-state index < -0.39 is 18.4 Å². The number of rotatable bonds is 3. The molecule has 4 aromatic rings. The minimum atomic E-state index is -0.793. The highest BCUT2D eigenvalue weighted by atomic mass is 35.5. The van der Waals surface area contributed by atoms with Crippen LogP contribution in [-0.4, -0.2) is 43.9 Å². The van der Waals surface area contributed by atoms with E-state index in [1.165, 1.54) is 35.6 Å². The van der Waals surface area contributed by atoms with Crippen molar-refractivity contribution in [3.63, 3.8) is 0 Å². The van der Waals surface area contributed by atoms with Crippen molar-refractivity contribution in [2.24, 2.45) is 7.05 Å². The fourth-order valence-electron chi connectivity index (χ4n) is 3.81. The van der Waals surface area contributed by atoms with Crippen LogP contribution in [0.1, 0.15) is 10.4 Å². The Morgan fingerprint density at radius 2 is 2.12 bits per heavy atom.